The van der Waals surface area contributed by atoms with Crippen molar-refractivity contribution < 1.29 is 9.53 Å². The summed E-state index contributed by atoms with van der Waals surface area (Å²) in [5.41, 5.74) is 1.15. The average molecular weight is 352 g/mol. The molecule has 0 aliphatic carbocycles. The van der Waals surface area contributed by atoms with Gasteiger partial charge in [0.1, 0.15) is 11.5 Å². The van der Waals surface area contributed by atoms with E-state index in [1.54, 1.807) is 6.07 Å². The van der Waals surface area contributed by atoms with E-state index in [0.717, 1.165) is 42.8 Å². The van der Waals surface area contributed by atoms with Crippen LogP contribution in [0.1, 0.15) is 29.8 Å². The number of para-hydroxylation sites is 1. The highest BCUT2D eigenvalue weighted by Crippen LogP contribution is 2.27. The number of nitrogens with one attached hydrogen (secondary N) is 2. The monoisotopic (exact) mass is 352 g/mol. The zero-order valence-electron chi connectivity index (χ0n) is 14.5. The Hall–Kier alpha value is -3.16. The van der Waals surface area contributed by atoms with Gasteiger partial charge in [-0.25, -0.2) is 9.78 Å². The molecule has 3 aromatic rings. The van der Waals surface area contributed by atoms with Crippen LogP contribution in [0.3, 0.4) is 0 Å². The van der Waals surface area contributed by atoms with E-state index in [4.69, 9.17) is 14.7 Å². The number of rotatable bonds is 4. The molecule has 1 aliphatic heterocycles. The number of nitrogens with zero attached hydrogens (tertiary/aromatic N) is 4. The number of piperidine rings is 1. The quantitative estimate of drug-likeness (QED) is 0.697. The van der Waals surface area contributed by atoms with E-state index in [-0.39, 0.29) is 5.69 Å². The van der Waals surface area contributed by atoms with Gasteiger partial charge in [-0.1, -0.05) is 12.1 Å². The van der Waals surface area contributed by atoms with Crippen molar-refractivity contribution in [2.24, 2.45) is 0 Å². The molecule has 1 aliphatic rings. The number of carbonyl (C=O) groups excluding carboxylic acids is 1. The SMILES string of the molecule is COC(=O)c1cc(Nc2nc(N3CCCCC3)nc3ccccc23)n[nH]1. The Labute approximate surface area is 150 Å². The molecule has 0 bridgehead atoms. The summed E-state index contributed by atoms with van der Waals surface area (Å²) < 4.78 is 4.70. The van der Waals surface area contributed by atoms with Gasteiger partial charge in [-0.05, 0) is 31.4 Å². The summed E-state index contributed by atoms with van der Waals surface area (Å²) in [5, 5.41) is 10.9. The van der Waals surface area contributed by atoms with Crippen LogP contribution < -0.4 is 10.2 Å². The standard InChI is InChI=1S/C18H20N6O2/c1-26-17(25)14-11-15(23-22-14)20-16-12-7-3-4-8-13(12)19-18(21-16)24-9-5-2-6-10-24/h3-4,7-8,11H,2,5-6,9-10H2,1H3,(H2,19,20,21,22,23). The molecule has 26 heavy (non-hydrogen) atoms. The van der Waals surface area contributed by atoms with Gasteiger partial charge >= 0.3 is 5.97 Å². The molecule has 1 aromatic carbocycles. The van der Waals surface area contributed by atoms with Gasteiger partial charge in [-0.3, -0.25) is 5.10 Å². The summed E-state index contributed by atoms with van der Waals surface area (Å²) in [6.07, 6.45) is 3.56. The molecular formula is C18H20N6O2. The predicted octanol–water partition coefficient (Wildman–Crippen LogP) is 2.87. The number of H-pyrrole nitrogens is 1. The number of hydrogen-bond donors (Lipinski definition) is 2. The lowest BCUT2D eigenvalue weighted by molar-refractivity contribution is 0.0594. The molecule has 8 nitrogen and oxygen atoms in total. The number of anilines is 3. The first-order chi connectivity index (χ1) is 12.7. The van der Waals surface area contributed by atoms with Crippen molar-refractivity contribution in [3.63, 3.8) is 0 Å². The predicted molar refractivity (Wildman–Crippen MR) is 98.8 cm³/mol. The molecule has 134 valence electrons. The van der Waals surface area contributed by atoms with Crippen molar-refractivity contribution in [2.45, 2.75) is 19.3 Å². The zero-order chi connectivity index (χ0) is 17.9. The van der Waals surface area contributed by atoms with Crippen molar-refractivity contribution in [3.05, 3.63) is 36.0 Å². The van der Waals surface area contributed by atoms with Gasteiger partial charge in [0.2, 0.25) is 5.95 Å². The number of aromatic amines is 1. The van der Waals surface area contributed by atoms with Crippen LogP contribution in [0.4, 0.5) is 17.6 Å². The lowest BCUT2D eigenvalue weighted by atomic mass is 10.1. The third-order valence-electron chi connectivity index (χ3n) is 4.46. The Balaban J connectivity index is 1.70. The van der Waals surface area contributed by atoms with E-state index in [1.807, 2.05) is 24.3 Å². The maximum Gasteiger partial charge on any atom is 0.356 e. The Morgan fingerprint density at radius 2 is 2.00 bits per heavy atom. The normalized spacial score (nSPS) is 14.4. The van der Waals surface area contributed by atoms with E-state index < -0.39 is 5.97 Å². The highest BCUT2D eigenvalue weighted by molar-refractivity contribution is 5.92. The fraction of sp³-hybridized carbons (Fsp3) is 0.333. The minimum absolute atomic E-state index is 0.282. The van der Waals surface area contributed by atoms with E-state index in [9.17, 15) is 4.79 Å². The van der Waals surface area contributed by atoms with Gasteiger partial charge in [-0.15, -0.1) is 0 Å². The van der Waals surface area contributed by atoms with Gasteiger partial charge in [0.25, 0.3) is 0 Å². The van der Waals surface area contributed by atoms with Crippen molar-refractivity contribution >= 4 is 34.5 Å². The largest absolute Gasteiger partial charge is 0.464 e. The highest BCUT2D eigenvalue weighted by Gasteiger charge is 2.17. The van der Waals surface area contributed by atoms with E-state index in [2.05, 4.69) is 20.4 Å². The first-order valence-corrected chi connectivity index (χ1v) is 8.67. The smallest absolute Gasteiger partial charge is 0.356 e. The van der Waals surface area contributed by atoms with Crippen LogP contribution >= 0.6 is 0 Å². The second-order valence-corrected chi connectivity index (χ2v) is 6.22. The van der Waals surface area contributed by atoms with Gasteiger partial charge in [0, 0.05) is 24.5 Å². The minimum atomic E-state index is -0.466. The summed E-state index contributed by atoms with van der Waals surface area (Å²) in [6.45, 7) is 1.93. The summed E-state index contributed by atoms with van der Waals surface area (Å²) in [7, 11) is 1.33. The highest BCUT2D eigenvalue weighted by atomic mass is 16.5. The number of methoxy groups -OCH3 is 1. The molecule has 2 aromatic heterocycles. The molecule has 3 heterocycles. The number of carbonyl (C=O) groups is 1. The lowest BCUT2D eigenvalue weighted by Gasteiger charge is -2.27. The van der Waals surface area contributed by atoms with E-state index in [0.29, 0.717) is 11.6 Å². The molecule has 4 rings (SSSR count). The van der Waals surface area contributed by atoms with Crippen LogP contribution in [0.15, 0.2) is 30.3 Å². The first-order valence-electron chi connectivity index (χ1n) is 8.67. The second-order valence-electron chi connectivity index (χ2n) is 6.22. The number of aromatic nitrogens is 4. The van der Waals surface area contributed by atoms with Crippen LogP contribution in [0, 0.1) is 0 Å². The molecule has 0 atom stereocenters. The maximum atomic E-state index is 11.6. The third-order valence-corrected chi connectivity index (χ3v) is 4.46. The van der Waals surface area contributed by atoms with Crippen molar-refractivity contribution in [3.8, 4) is 0 Å². The van der Waals surface area contributed by atoms with Crippen molar-refractivity contribution in [2.75, 3.05) is 30.4 Å². The van der Waals surface area contributed by atoms with Crippen molar-refractivity contribution in [1.29, 1.82) is 0 Å². The Bertz CT molecular complexity index is 932. The van der Waals surface area contributed by atoms with Crippen LogP contribution in [-0.2, 0) is 4.74 Å². The van der Waals surface area contributed by atoms with Gasteiger partial charge in [0.15, 0.2) is 5.82 Å². The second kappa shape index (κ2) is 6.99. The Morgan fingerprint density at radius 3 is 2.81 bits per heavy atom. The summed E-state index contributed by atoms with van der Waals surface area (Å²) >= 11 is 0. The minimum Gasteiger partial charge on any atom is -0.464 e. The molecular weight excluding hydrogens is 332 g/mol. The fourth-order valence-corrected chi connectivity index (χ4v) is 3.12. The average Bonchev–Trinajstić information content (AvgIpc) is 3.16. The van der Waals surface area contributed by atoms with Crippen LogP contribution in [0.5, 0.6) is 0 Å². The van der Waals surface area contributed by atoms with Crippen LogP contribution in [-0.4, -0.2) is 46.3 Å². The molecule has 1 saturated heterocycles. The zero-order valence-corrected chi connectivity index (χ0v) is 14.5. The number of esters is 1. The topological polar surface area (TPSA) is 96.0 Å². The Morgan fingerprint density at radius 1 is 1.19 bits per heavy atom. The molecule has 0 saturated carbocycles. The number of fused-ring (bicyclic) bond motifs is 1. The van der Waals surface area contributed by atoms with Gasteiger partial charge < -0.3 is 15.0 Å². The number of ether oxygens (including phenoxy) is 1. The molecule has 0 radical (unpaired) electrons. The Kier molecular flexibility index (Phi) is 4.39. The van der Waals surface area contributed by atoms with Gasteiger partial charge in [-0.2, -0.15) is 10.1 Å². The fourth-order valence-electron chi connectivity index (χ4n) is 3.12. The summed E-state index contributed by atoms with van der Waals surface area (Å²) in [6, 6.07) is 9.44. The summed E-state index contributed by atoms with van der Waals surface area (Å²) in [5.74, 6) is 1.42. The lowest BCUT2D eigenvalue weighted by Crippen LogP contribution is -2.31. The third kappa shape index (κ3) is 3.17. The molecule has 2 N–H and O–H groups in total. The van der Waals surface area contributed by atoms with Crippen molar-refractivity contribution in [1.82, 2.24) is 20.2 Å². The van der Waals surface area contributed by atoms with Crippen LogP contribution in [0.25, 0.3) is 10.9 Å². The number of hydrogen-bond acceptors (Lipinski definition) is 7. The molecule has 0 unspecified atom stereocenters. The van der Waals surface area contributed by atoms with Gasteiger partial charge in [0.05, 0.1) is 12.6 Å². The number of benzene rings is 1. The maximum absolute atomic E-state index is 11.6. The van der Waals surface area contributed by atoms with Crippen LogP contribution in [0.2, 0.25) is 0 Å². The molecule has 1 fully saturated rings. The summed E-state index contributed by atoms with van der Waals surface area (Å²) in [4.78, 5) is 23.3. The van der Waals surface area contributed by atoms with E-state index >= 15 is 0 Å². The van der Waals surface area contributed by atoms with E-state index in [1.165, 1.54) is 13.5 Å². The molecule has 0 spiro atoms. The molecule has 0 amide bonds. The molecule has 8 heteroatoms. The first kappa shape index (κ1) is 16.3.